The zero-order chi connectivity index (χ0) is 72.1. The van der Waals surface area contributed by atoms with Gasteiger partial charge in [-0.05, 0) is 91.2 Å². The largest absolute Gasteiger partial charge is 0.445 e. The molecule has 0 radical (unpaired) electrons. The third-order valence-electron chi connectivity index (χ3n) is 18.0. The molecule has 1 fully saturated rings. The number of anilines is 1. The van der Waals surface area contributed by atoms with Crippen molar-refractivity contribution in [2.45, 2.75) is 168 Å². The van der Waals surface area contributed by atoms with Crippen LogP contribution in [-0.4, -0.2) is 187 Å². The van der Waals surface area contributed by atoms with E-state index in [1.165, 1.54) is 42.5 Å². The van der Waals surface area contributed by atoms with Crippen molar-refractivity contribution in [3.05, 3.63) is 118 Å². The molecule has 11 atom stereocenters. The lowest BCUT2D eigenvalue weighted by Gasteiger charge is -2.41. The number of imide groups is 1. The number of methoxy groups -OCH3 is 2. The fraction of sp³-hybridized carbons (Fsp3) is 0.543. The molecule has 0 bridgehead atoms. The molecule has 4 aromatic rings. The molecule has 534 valence electrons. The van der Waals surface area contributed by atoms with Crippen LogP contribution >= 0.6 is 11.3 Å². The lowest BCUT2D eigenvalue weighted by atomic mass is 9.89. The molecular weight excluding hydrogens is 1280 g/mol. The SMILES string of the molecule is CC[C@H](C)[C@@H]([C@@H](CC(=O)N1CCC[C@H]1[C@H](OC)[C@@H](C)C(=O)N[C@@H](Cc1ccccc1)c1nccs1)OC)N(C)C(=O)[C@@H](NC(=O)[C@H](C(C)C)N(C)C(=O)OCc1ccc(NC(=O)[C@H](CCCNC(N)=O)NC(=O)[C@@H](NC(=O)CON2C(=O)c3ccccc3C2=O)C(C)C)cc1)C(C)C. The van der Waals surface area contributed by atoms with E-state index in [1.54, 1.807) is 108 Å². The van der Waals surface area contributed by atoms with Crippen LogP contribution < -0.4 is 37.6 Å². The van der Waals surface area contributed by atoms with E-state index in [9.17, 15) is 52.7 Å². The van der Waals surface area contributed by atoms with Gasteiger partial charge < -0.3 is 61.6 Å². The molecule has 0 spiro atoms. The standard InChI is InChI=1S/C70H98N12O15S/c1-14-43(8)59(53(94-12)37-55(84)81-34-21-27-52(81)60(95-13)44(9)61(85)76-51(65-72-33-35-98-65)36-45-22-16-15-17-23-45)79(10)68(91)57(41(4)5)78-64(88)58(42(6)7)80(11)70(93)96-38-46-28-30-47(31-29-46)74-62(86)50(26-20-32-73-69(71)92)75-63(87)56(40(2)3)77-54(83)39-97-82-66(89)48-24-18-19-25-49(48)67(82)90/h15-19,22-25,28-31,33,35,40-44,50-53,56-60H,14,20-21,26-27,32,34,36-39H2,1-13H3,(H,74,86)(H,75,87)(H,76,85)(H,77,83)(H,78,88)(H3,71,73,92)/t43-,44+,50-,51-,52-,53+,56-,57-,58-,59-,60+/m0/s1. The zero-order valence-corrected chi connectivity index (χ0v) is 59.2. The molecule has 0 aliphatic carbocycles. The average molecular weight is 1380 g/mol. The fourth-order valence-electron chi connectivity index (χ4n) is 12.4. The number of aromatic nitrogens is 1. The summed E-state index contributed by atoms with van der Waals surface area (Å²) in [6, 6.07) is 15.5. The Balaban J connectivity index is 1.04. The summed E-state index contributed by atoms with van der Waals surface area (Å²) in [6.45, 7) is 15.7. The van der Waals surface area contributed by atoms with Crippen LogP contribution in [0.25, 0.3) is 0 Å². The van der Waals surface area contributed by atoms with E-state index in [0.29, 0.717) is 48.5 Å². The smallest absolute Gasteiger partial charge is 0.410 e. The monoisotopic (exact) mass is 1380 g/mol. The Morgan fingerprint density at radius 2 is 1.37 bits per heavy atom. The highest BCUT2D eigenvalue weighted by Crippen LogP contribution is 2.32. The topological polar surface area (TPSA) is 349 Å². The number of benzene rings is 3. The second-order valence-electron chi connectivity index (χ2n) is 26.0. The molecule has 28 heteroatoms. The highest BCUT2D eigenvalue weighted by molar-refractivity contribution is 7.09. The van der Waals surface area contributed by atoms with Crippen molar-refractivity contribution in [1.29, 1.82) is 0 Å². The molecule has 3 heterocycles. The maximum absolute atomic E-state index is 14.9. The van der Waals surface area contributed by atoms with Crippen molar-refractivity contribution >= 4 is 82.3 Å². The van der Waals surface area contributed by atoms with E-state index in [4.69, 9.17) is 24.8 Å². The molecule has 0 unspecified atom stereocenters. The number of nitrogens with zero attached hydrogens (tertiary/aromatic N) is 5. The Labute approximate surface area is 577 Å². The Morgan fingerprint density at radius 1 is 0.724 bits per heavy atom. The molecule has 27 nitrogen and oxygen atoms in total. The fourth-order valence-corrected chi connectivity index (χ4v) is 13.1. The molecule has 0 saturated carbocycles. The first-order valence-corrected chi connectivity index (χ1v) is 34.2. The number of rotatable bonds is 36. The summed E-state index contributed by atoms with van der Waals surface area (Å²) in [7, 11) is 6.13. The first-order valence-electron chi connectivity index (χ1n) is 33.3. The molecule has 3 aromatic carbocycles. The number of carbonyl (C=O) groups excluding carboxylic acids is 11. The van der Waals surface area contributed by atoms with Crippen molar-refractivity contribution in [2.75, 3.05) is 53.3 Å². The number of thiazole rings is 1. The van der Waals surface area contributed by atoms with E-state index in [0.717, 1.165) is 10.6 Å². The van der Waals surface area contributed by atoms with Gasteiger partial charge >= 0.3 is 12.1 Å². The van der Waals surface area contributed by atoms with Gasteiger partial charge in [0.1, 0.15) is 35.8 Å². The highest BCUT2D eigenvalue weighted by Gasteiger charge is 2.45. The Bertz CT molecular complexity index is 3340. The molecule has 8 N–H and O–H groups in total. The van der Waals surface area contributed by atoms with Crippen molar-refractivity contribution < 1.29 is 71.8 Å². The number of urea groups is 1. The summed E-state index contributed by atoms with van der Waals surface area (Å²) in [4.78, 5) is 164. The number of hydrogen-bond donors (Lipinski definition) is 7. The predicted molar refractivity (Wildman–Crippen MR) is 366 cm³/mol. The number of likely N-dealkylation sites (tertiary alicyclic amines) is 1. The lowest BCUT2D eigenvalue weighted by molar-refractivity contribution is -0.148. The number of amides is 12. The summed E-state index contributed by atoms with van der Waals surface area (Å²) in [5.41, 5.74) is 7.32. The van der Waals surface area contributed by atoms with Crippen molar-refractivity contribution in [1.82, 2.24) is 51.3 Å². The van der Waals surface area contributed by atoms with Gasteiger partial charge in [0.25, 0.3) is 11.8 Å². The van der Waals surface area contributed by atoms with Crippen LogP contribution in [0, 0.1) is 29.6 Å². The van der Waals surface area contributed by atoms with Gasteiger partial charge in [-0.25, -0.2) is 14.6 Å². The summed E-state index contributed by atoms with van der Waals surface area (Å²) in [5, 5.41) is 19.7. The first-order chi connectivity index (χ1) is 46.6. The minimum Gasteiger partial charge on any atom is -0.445 e. The van der Waals surface area contributed by atoms with Gasteiger partial charge in [0.15, 0.2) is 6.61 Å². The zero-order valence-electron chi connectivity index (χ0n) is 58.4. The molecule has 1 saturated heterocycles. The van der Waals surface area contributed by atoms with Gasteiger partial charge in [-0.15, -0.1) is 16.4 Å². The molecular formula is C70H98N12O15S. The van der Waals surface area contributed by atoms with Gasteiger partial charge in [-0.3, -0.25) is 52.9 Å². The maximum atomic E-state index is 14.9. The number of likely N-dealkylation sites (N-methyl/N-ethyl adjacent to an activating group) is 2. The molecule has 2 aliphatic rings. The van der Waals surface area contributed by atoms with E-state index in [2.05, 4.69) is 36.9 Å². The third-order valence-corrected chi connectivity index (χ3v) is 18.9. The van der Waals surface area contributed by atoms with Gasteiger partial charge in [0, 0.05) is 58.7 Å². The van der Waals surface area contributed by atoms with Crippen LogP contribution in [0.2, 0.25) is 0 Å². The van der Waals surface area contributed by atoms with E-state index in [-0.39, 0.29) is 67.3 Å². The minimum absolute atomic E-state index is 0.0219. The summed E-state index contributed by atoms with van der Waals surface area (Å²) in [5.74, 6) is -7.38. The van der Waals surface area contributed by atoms with Crippen molar-refractivity contribution in [3.8, 4) is 0 Å². The van der Waals surface area contributed by atoms with E-state index in [1.807, 2.05) is 56.5 Å². The quantitative estimate of drug-likeness (QED) is 0.0199. The van der Waals surface area contributed by atoms with Crippen LogP contribution in [0.15, 0.2) is 90.4 Å². The predicted octanol–water partition coefficient (Wildman–Crippen LogP) is 6.14. The number of primary amides is 1. The third kappa shape index (κ3) is 20.8. The summed E-state index contributed by atoms with van der Waals surface area (Å²) in [6.07, 6.45) is 2.08. The summed E-state index contributed by atoms with van der Waals surface area (Å²) < 4.78 is 17.9. The molecule has 12 amide bonds. The van der Waals surface area contributed by atoms with Crippen LogP contribution in [0.4, 0.5) is 15.3 Å². The maximum Gasteiger partial charge on any atom is 0.410 e. The minimum atomic E-state index is -1.20. The van der Waals surface area contributed by atoms with Gasteiger partial charge in [0.2, 0.25) is 41.4 Å². The molecule has 2 aliphatic heterocycles. The number of fused-ring (bicyclic) bond motifs is 1. The number of hydrogen-bond acceptors (Lipinski definition) is 17. The second kappa shape index (κ2) is 37.2. The number of ether oxygens (including phenoxy) is 3. The Morgan fingerprint density at radius 3 is 1.94 bits per heavy atom. The van der Waals surface area contributed by atoms with Gasteiger partial charge in [-0.1, -0.05) is 123 Å². The molecule has 1 aromatic heterocycles. The van der Waals surface area contributed by atoms with E-state index < -0.39 is 132 Å². The average Bonchev–Trinajstić information content (AvgIpc) is 1.60. The van der Waals surface area contributed by atoms with Crippen LogP contribution in [-0.2, 0) is 65.6 Å². The molecule has 98 heavy (non-hydrogen) atoms. The van der Waals surface area contributed by atoms with Crippen molar-refractivity contribution in [2.24, 2.45) is 35.3 Å². The highest BCUT2D eigenvalue weighted by atomic mass is 32.1. The van der Waals surface area contributed by atoms with Gasteiger partial charge in [0.05, 0.1) is 53.8 Å². The van der Waals surface area contributed by atoms with Crippen LogP contribution in [0.1, 0.15) is 144 Å². The van der Waals surface area contributed by atoms with Crippen LogP contribution in [0.5, 0.6) is 0 Å². The summed E-state index contributed by atoms with van der Waals surface area (Å²) >= 11 is 1.47. The normalized spacial score (nSPS) is 16.7. The Kier molecular flexibility index (Phi) is 29.7. The Hall–Kier alpha value is -8.86. The number of nitrogens with two attached hydrogens (primary N) is 1. The van der Waals surface area contributed by atoms with E-state index >= 15 is 0 Å². The lowest BCUT2D eigenvalue weighted by Crippen LogP contribution is -2.60. The first kappa shape index (κ1) is 78.1. The van der Waals surface area contributed by atoms with Crippen LogP contribution in [0.3, 0.4) is 0 Å². The number of hydroxylamine groups is 2. The molecule has 6 rings (SSSR count). The number of nitrogens with one attached hydrogen (secondary N) is 6. The van der Waals surface area contributed by atoms with Gasteiger partial charge in [-0.2, -0.15) is 0 Å². The van der Waals surface area contributed by atoms with Crippen molar-refractivity contribution in [3.63, 3.8) is 0 Å². The second-order valence-corrected chi connectivity index (χ2v) is 26.9. The number of carbonyl (C=O) groups is 11.